The molecule has 0 aliphatic carbocycles. The number of amides is 2. The Morgan fingerprint density at radius 1 is 1.14 bits per heavy atom. The van der Waals surface area contributed by atoms with E-state index in [0.29, 0.717) is 19.4 Å². The molecule has 0 saturated carbocycles. The molecule has 22 heavy (non-hydrogen) atoms. The number of alkyl halides is 3. The lowest BCUT2D eigenvalue weighted by Crippen LogP contribution is -2.31. The Morgan fingerprint density at radius 2 is 1.64 bits per heavy atom. The Kier molecular flexibility index (Phi) is 12.0. The van der Waals surface area contributed by atoms with E-state index in [2.05, 4.69) is 10.6 Å². The van der Waals surface area contributed by atoms with Crippen LogP contribution in [0.15, 0.2) is 0 Å². The van der Waals surface area contributed by atoms with Gasteiger partial charge < -0.3 is 20.6 Å². The van der Waals surface area contributed by atoms with E-state index in [1.807, 2.05) is 7.05 Å². The summed E-state index contributed by atoms with van der Waals surface area (Å²) >= 11 is 0. The summed E-state index contributed by atoms with van der Waals surface area (Å²) in [5.74, 6) is -2.70. The summed E-state index contributed by atoms with van der Waals surface area (Å²) in [5, 5.41) is 12.6. The monoisotopic (exact) mass is 329 g/mol. The number of nitrogens with one attached hydrogen (secondary N) is 2. The number of carbonyl (C=O) groups excluding carboxylic acids is 2. The third kappa shape index (κ3) is 13.2. The molecule has 0 bridgehead atoms. The van der Waals surface area contributed by atoms with Gasteiger partial charge in [-0.1, -0.05) is 0 Å². The Balaban J connectivity index is 0. The number of hydrogen-bond donors (Lipinski definition) is 3. The third-order valence-corrected chi connectivity index (χ3v) is 2.44. The highest BCUT2D eigenvalue weighted by atomic mass is 19.4. The molecule has 0 saturated heterocycles. The van der Waals surface area contributed by atoms with Crippen molar-refractivity contribution in [3.05, 3.63) is 0 Å². The minimum Gasteiger partial charge on any atom is -0.475 e. The molecule has 0 fully saturated rings. The highest BCUT2D eigenvalue weighted by molar-refractivity contribution is 5.78. The van der Waals surface area contributed by atoms with E-state index in [4.69, 9.17) is 9.90 Å². The molecule has 130 valence electrons. The second kappa shape index (κ2) is 11.8. The van der Waals surface area contributed by atoms with Gasteiger partial charge in [0.25, 0.3) is 0 Å². The van der Waals surface area contributed by atoms with Crippen molar-refractivity contribution in [3.8, 4) is 0 Å². The zero-order valence-corrected chi connectivity index (χ0v) is 12.8. The van der Waals surface area contributed by atoms with Gasteiger partial charge in [0.1, 0.15) is 0 Å². The maximum absolute atomic E-state index is 11.5. The Morgan fingerprint density at radius 3 is 2.00 bits per heavy atom. The van der Waals surface area contributed by atoms with E-state index < -0.39 is 12.1 Å². The van der Waals surface area contributed by atoms with Crippen LogP contribution >= 0.6 is 0 Å². The van der Waals surface area contributed by atoms with Crippen LogP contribution in [0.5, 0.6) is 0 Å². The molecule has 3 N–H and O–H groups in total. The van der Waals surface area contributed by atoms with Crippen LogP contribution in [0.3, 0.4) is 0 Å². The van der Waals surface area contributed by atoms with Crippen LogP contribution in [0.4, 0.5) is 13.2 Å². The van der Waals surface area contributed by atoms with Gasteiger partial charge >= 0.3 is 12.1 Å². The molecule has 0 aromatic heterocycles. The van der Waals surface area contributed by atoms with Gasteiger partial charge in [-0.05, 0) is 20.0 Å². The molecule has 0 radical (unpaired) electrons. The van der Waals surface area contributed by atoms with Crippen LogP contribution < -0.4 is 10.6 Å². The Labute approximate surface area is 126 Å². The van der Waals surface area contributed by atoms with Crippen LogP contribution in [-0.4, -0.2) is 68.2 Å². The van der Waals surface area contributed by atoms with Crippen molar-refractivity contribution < 1.29 is 32.7 Å². The standard InChI is InChI=1S/C10H21N3O2.C2HF3O2/c1-11-7-4-5-10(15)13(3)8-6-9(14)12-2;3-2(4,5)1(6)7/h11H,4-8H2,1-3H3,(H,12,14);(H,6,7). The van der Waals surface area contributed by atoms with Gasteiger partial charge in [-0.15, -0.1) is 0 Å². The molecule has 0 aliphatic rings. The van der Waals surface area contributed by atoms with Crippen LogP contribution in [0.2, 0.25) is 0 Å². The van der Waals surface area contributed by atoms with E-state index in [0.717, 1.165) is 13.0 Å². The number of nitrogens with zero attached hydrogens (tertiary/aromatic N) is 1. The smallest absolute Gasteiger partial charge is 0.475 e. The maximum Gasteiger partial charge on any atom is 0.490 e. The van der Waals surface area contributed by atoms with Crippen molar-refractivity contribution in [2.24, 2.45) is 0 Å². The predicted octanol–water partition coefficient (Wildman–Crippen LogP) is 0.214. The van der Waals surface area contributed by atoms with Crippen molar-refractivity contribution in [1.29, 1.82) is 0 Å². The van der Waals surface area contributed by atoms with E-state index in [9.17, 15) is 22.8 Å². The second-order valence-electron chi connectivity index (χ2n) is 4.25. The van der Waals surface area contributed by atoms with Crippen molar-refractivity contribution in [1.82, 2.24) is 15.5 Å². The van der Waals surface area contributed by atoms with Crippen LogP contribution in [-0.2, 0) is 14.4 Å². The molecule has 0 atom stereocenters. The highest BCUT2D eigenvalue weighted by Gasteiger charge is 2.38. The van der Waals surface area contributed by atoms with Gasteiger partial charge in [0.2, 0.25) is 11.8 Å². The fourth-order valence-corrected chi connectivity index (χ4v) is 1.13. The Hall–Kier alpha value is -1.84. The molecule has 2 amide bonds. The summed E-state index contributed by atoms with van der Waals surface area (Å²) in [6.45, 7) is 1.33. The van der Waals surface area contributed by atoms with E-state index in [-0.39, 0.29) is 11.8 Å². The first kappa shape index (κ1) is 22.4. The average Bonchev–Trinajstić information content (AvgIpc) is 2.43. The number of carboxylic acids is 1. The summed E-state index contributed by atoms with van der Waals surface area (Å²) in [4.78, 5) is 32.9. The van der Waals surface area contributed by atoms with Crippen molar-refractivity contribution in [2.45, 2.75) is 25.4 Å². The van der Waals surface area contributed by atoms with Crippen molar-refractivity contribution >= 4 is 17.8 Å². The molecule has 0 unspecified atom stereocenters. The Bertz CT molecular complexity index is 362. The molecule has 0 aromatic rings. The fourth-order valence-electron chi connectivity index (χ4n) is 1.13. The average molecular weight is 329 g/mol. The van der Waals surface area contributed by atoms with Gasteiger partial charge in [-0.25, -0.2) is 4.79 Å². The van der Waals surface area contributed by atoms with Gasteiger partial charge in [-0.3, -0.25) is 9.59 Å². The minimum absolute atomic E-state index is 0.0372. The number of carboxylic acid groups (broad SMARTS) is 1. The normalized spacial score (nSPS) is 10.3. The van der Waals surface area contributed by atoms with Gasteiger partial charge in [0, 0.05) is 33.5 Å². The molecule has 0 aromatic carbocycles. The minimum atomic E-state index is -5.08. The number of aliphatic carboxylic acids is 1. The summed E-state index contributed by atoms with van der Waals surface area (Å²) in [5.41, 5.74) is 0. The first-order valence-corrected chi connectivity index (χ1v) is 6.45. The zero-order valence-electron chi connectivity index (χ0n) is 12.8. The molecule has 7 nitrogen and oxygen atoms in total. The predicted molar refractivity (Wildman–Crippen MR) is 73.2 cm³/mol. The number of carbonyl (C=O) groups is 3. The molecule has 0 aliphatic heterocycles. The molecule has 0 spiro atoms. The number of hydrogen-bond acceptors (Lipinski definition) is 4. The maximum atomic E-state index is 11.5. The number of rotatable bonds is 7. The lowest BCUT2D eigenvalue weighted by Gasteiger charge is -2.16. The summed E-state index contributed by atoms with van der Waals surface area (Å²) in [6.07, 6.45) is -3.35. The van der Waals surface area contributed by atoms with Crippen molar-refractivity contribution in [2.75, 3.05) is 34.2 Å². The van der Waals surface area contributed by atoms with E-state index in [1.165, 1.54) is 0 Å². The first-order chi connectivity index (χ1) is 10.1. The molecular formula is C12H22F3N3O4. The second-order valence-corrected chi connectivity index (χ2v) is 4.25. The van der Waals surface area contributed by atoms with Crippen LogP contribution in [0.25, 0.3) is 0 Å². The summed E-state index contributed by atoms with van der Waals surface area (Å²) < 4.78 is 31.7. The largest absolute Gasteiger partial charge is 0.490 e. The first-order valence-electron chi connectivity index (χ1n) is 6.45. The van der Waals surface area contributed by atoms with Crippen LogP contribution in [0.1, 0.15) is 19.3 Å². The number of halogens is 3. The molecule has 10 heteroatoms. The lowest BCUT2D eigenvalue weighted by atomic mass is 10.2. The fraction of sp³-hybridized carbons (Fsp3) is 0.750. The summed E-state index contributed by atoms with van der Waals surface area (Å²) in [6, 6.07) is 0. The van der Waals surface area contributed by atoms with Gasteiger partial charge in [0.15, 0.2) is 0 Å². The molecule has 0 heterocycles. The lowest BCUT2D eigenvalue weighted by molar-refractivity contribution is -0.192. The SMILES string of the molecule is CNCCCC(=O)N(C)CCC(=O)NC.O=C(O)C(F)(F)F. The summed E-state index contributed by atoms with van der Waals surface area (Å²) in [7, 11) is 5.18. The molecule has 0 rings (SSSR count). The van der Waals surface area contributed by atoms with E-state index >= 15 is 0 Å². The topological polar surface area (TPSA) is 98.7 Å². The zero-order chi connectivity index (χ0) is 17.8. The quantitative estimate of drug-likeness (QED) is 0.580. The molecular weight excluding hydrogens is 307 g/mol. The van der Waals surface area contributed by atoms with Gasteiger partial charge in [-0.2, -0.15) is 13.2 Å². The highest BCUT2D eigenvalue weighted by Crippen LogP contribution is 2.13. The van der Waals surface area contributed by atoms with Gasteiger partial charge in [0.05, 0.1) is 0 Å². The third-order valence-electron chi connectivity index (χ3n) is 2.44. The van der Waals surface area contributed by atoms with Crippen molar-refractivity contribution in [3.63, 3.8) is 0 Å². The van der Waals surface area contributed by atoms with E-state index in [1.54, 1.807) is 19.0 Å². The van der Waals surface area contributed by atoms with Crippen LogP contribution in [0, 0.1) is 0 Å².